The van der Waals surface area contributed by atoms with Crippen molar-refractivity contribution in [2.24, 2.45) is 0 Å². The largest absolute Gasteiger partial charge is 0.454 e. The number of aromatic nitrogens is 4. The zero-order chi connectivity index (χ0) is 34.9. The summed E-state index contributed by atoms with van der Waals surface area (Å²) in [6.07, 6.45) is 8.33. The van der Waals surface area contributed by atoms with Crippen LogP contribution in [0.15, 0.2) is 174 Å². The molecule has 0 radical (unpaired) electrons. The van der Waals surface area contributed by atoms with E-state index in [2.05, 4.69) is 174 Å². The lowest BCUT2D eigenvalue weighted by Crippen LogP contribution is -2.09. The molecule has 3 aromatic heterocycles. The molecular weight excluding hydrogens is 649 g/mol. The number of hydrogen-bond donors (Lipinski definition) is 0. The number of furan rings is 1. The molecule has 1 aliphatic rings. The van der Waals surface area contributed by atoms with E-state index < -0.39 is 0 Å². The fourth-order valence-electron chi connectivity index (χ4n) is 8.02. The van der Waals surface area contributed by atoms with Gasteiger partial charge in [-0.1, -0.05) is 140 Å². The molecule has 0 amide bonds. The van der Waals surface area contributed by atoms with Crippen LogP contribution in [-0.2, 0) is 0 Å². The number of allylic oxidation sites excluding steroid dienone is 3. The summed E-state index contributed by atoms with van der Waals surface area (Å²) in [5.41, 5.74) is 7.01. The van der Waals surface area contributed by atoms with Crippen LogP contribution in [0.4, 0.5) is 0 Å². The van der Waals surface area contributed by atoms with Crippen LogP contribution in [0.5, 0.6) is 0 Å². The van der Waals surface area contributed by atoms with Gasteiger partial charge in [0.15, 0.2) is 17.2 Å². The Morgan fingerprint density at radius 3 is 1.70 bits per heavy atom. The lowest BCUT2D eigenvalue weighted by atomic mass is 9.94. The Bertz CT molecular complexity index is 2990. The summed E-state index contributed by atoms with van der Waals surface area (Å²) in [6, 6.07) is 53.1. The quantitative estimate of drug-likeness (QED) is 0.186. The van der Waals surface area contributed by atoms with Crippen molar-refractivity contribution in [2.45, 2.75) is 5.92 Å². The molecule has 248 valence electrons. The van der Waals surface area contributed by atoms with Crippen LogP contribution >= 0.6 is 0 Å². The molecule has 0 spiro atoms. The minimum absolute atomic E-state index is 0.295. The molecule has 0 saturated carbocycles. The zero-order valence-electron chi connectivity index (χ0n) is 28.5. The van der Waals surface area contributed by atoms with Crippen molar-refractivity contribution in [1.29, 1.82) is 0 Å². The molecule has 1 unspecified atom stereocenters. The molecule has 1 aliphatic carbocycles. The van der Waals surface area contributed by atoms with Crippen LogP contribution in [0.25, 0.3) is 88.9 Å². The topological polar surface area (TPSA) is 56.7 Å². The van der Waals surface area contributed by atoms with Crippen molar-refractivity contribution in [3.05, 3.63) is 187 Å². The van der Waals surface area contributed by atoms with E-state index in [-0.39, 0.29) is 5.92 Å². The smallest absolute Gasteiger partial charge is 0.163 e. The van der Waals surface area contributed by atoms with Gasteiger partial charge in [-0.15, -0.1) is 0 Å². The second-order valence-electron chi connectivity index (χ2n) is 13.6. The molecule has 0 fully saturated rings. The number of fused-ring (bicyclic) bond motifs is 8. The van der Waals surface area contributed by atoms with Crippen LogP contribution in [0.1, 0.15) is 23.1 Å². The van der Waals surface area contributed by atoms with Crippen LogP contribution in [0.2, 0.25) is 0 Å². The highest BCUT2D eigenvalue weighted by molar-refractivity contribution is 6.10. The molecule has 5 nitrogen and oxygen atoms in total. The summed E-state index contributed by atoms with van der Waals surface area (Å²) in [5, 5.41) is 8.07. The molecule has 0 saturated heterocycles. The van der Waals surface area contributed by atoms with Gasteiger partial charge in [0.1, 0.15) is 11.6 Å². The molecule has 11 rings (SSSR count). The van der Waals surface area contributed by atoms with Crippen molar-refractivity contribution in [3.8, 4) is 28.5 Å². The third kappa shape index (κ3) is 4.75. The molecule has 3 heterocycles. The van der Waals surface area contributed by atoms with Crippen LogP contribution < -0.4 is 0 Å². The van der Waals surface area contributed by atoms with Gasteiger partial charge >= 0.3 is 0 Å². The second-order valence-corrected chi connectivity index (χ2v) is 13.6. The normalized spacial score (nSPS) is 14.1. The summed E-state index contributed by atoms with van der Waals surface area (Å²) in [6.45, 7) is 0. The van der Waals surface area contributed by atoms with E-state index in [0.29, 0.717) is 17.5 Å². The average molecular weight is 679 g/mol. The summed E-state index contributed by atoms with van der Waals surface area (Å²) in [7, 11) is 0. The van der Waals surface area contributed by atoms with E-state index in [1.54, 1.807) is 0 Å². The van der Waals surface area contributed by atoms with Gasteiger partial charge in [-0.3, -0.25) is 0 Å². The summed E-state index contributed by atoms with van der Waals surface area (Å²) < 4.78 is 9.20. The van der Waals surface area contributed by atoms with Crippen molar-refractivity contribution >= 4 is 60.4 Å². The lowest BCUT2D eigenvalue weighted by molar-refractivity contribution is 0.595. The van der Waals surface area contributed by atoms with Gasteiger partial charge in [0.25, 0.3) is 0 Å². The number of hydrogen-bond acceptors (Lipinski definition) is 4. The van der Waals surface area contributed by atoms with E-state index in [9.17, 15) is 0 Å². The lowest BCUT2D eigenvalue weighted by Gasteiger charge is -2.15. The van der Waals surface area contributed by atoms with Gasteiger partial charge in [-0.25, -0.2) is 15.0 Å². The minimum atomic E-state index is -0.295. The van der Waals surface area contributed by atoms with E-state index in [1.165, 1.54) is 21.5 Å². The monoisotopic (exact) mass is 678 g/mol. The maximum atomic E-state index is 6.88. The highest BCUT2D eigenvalue weighted by atomic mass is 16.3. The molecule has 5 heteroatoms. The Balaban J connectivity index is 1.14. The first-order valence-electron chi connectivity index (χ1n) is 17.9. The molecule has 0 bridgehead atoms. The maximum absolute atomic E-state index is 6.88. The number of rotatable bonds is 4. The Kier molecular flexibility index (Phi) is 6.55. The summed E-state index contributed by atoms with van der Waals surface area (Å²) in [5.74, 6) is 2.43. The second kappa shape index (κ2) is 11.7. The average Bonchev–Trinajstić information content (AvgIpc) is 3.67. The third-order valence-electron chi connectivity index (χ3n) is 10.5. The Morgan fingerprint density at radius 2 is 1.06 bits per heavy atom. The van der Waals surface area contributed by atoms with Gasteiger partial charge in [0, 0.05) is 32.8 Å². The predicted molar refractivity (Wildman–Crippen MR) is 216 cm³/mol. The molecule has 0 aliphatic heterocycles. The third-order valence-corrected chi connectivity index (χ3v) is 10.5. The number of benzene rings is 7. The highest BCUT2D eigenvalue weighted by Gasteiger charge is 2.28. The highest BCUT2D eigenvalue weighted by Crippen LogP contribution is 2.42. The van der Waals surface area contributed by atoms with Crippen molar-refractivity contribution < 1.29 is 4.42 Å². The van der Waals surface area contributed by atoms with E-state index >= 15 is 0 Å². The maximum Gasteiger partial charge on any atom is 0.163 e. The van der Waals surface area contributed by atoms with Crippen LogP contribution in [-0.4, -0.2) is 19.5 Å². The Hall–Kier alpha value is -7.11. The van der Waals surface area contributed by atoms with Gasteiger partial charge < -0.3 is 8.98 Å². The fourth-order valence-corrected chi connectivity index (χ4v) is 8.02. The predicted octanol–water partition coefficient (Wildman–Crippen LogP) is 12.1. The van der Waals surface area contributed by atoms with Gasteiger partial charge in [-0.2, -0.15) is 0 Å². The molecular formula is C48H30N4O. The molecule has 53 heavy (non-hydrogen) atoms. The first-order valence-corrected chi connectivity index (χ1v) is 17.9. The van der Waals surface area contributed by atoms with Crippen molar-refractivity contribution in [2.75, 3.05) is 0 Å². The first kappa shape index (κ1) is 29.6. The van der Waals surface area contributed by atoms with Gasteiger partial charge in [-0.05, 0) is 58.0 Å². The van der Waals surface area contributed by atoms with E-state index in [4.69, 9.17) is 19.4 Å². The SMILES string of the molecule is C1=Cc2oc3c(-n4c5ccccc5c5ccccc54)cccc3c2C(c2nc(-c3ccc4ccccc4c3)nc(-c3ccc4ccccc4c3)n2)C=C1. The zero-order valence-corrected chi connectivity index (χ0v) is 28.5. The Morgan fingerprint density at radius 1 is 0.491 bits per heavy atom. The van der Waals surface area contributed by atoms with Crippen LogP contribution in [0.3, 0.4) is 0 Å². The van der Waals surface area contributed by atoms with Gasteiger partial charge in [0.05, 0.1) is 22.6 Å². The minimum Gasteiger partial charge on any atom is -0.454 e. The molecule has 1 atom stereocenters. The van der Waals surface area contributed by atoms with Crippen LogP contribution in [0, 0.1) is 0 Å². The van der Waals surface area contributed by atoms with Crippen molar-refractivity contribution in [1.82, 2.24) is 19.5 Å². The molecule has 10 aromatic rings. The Labute approximate surface area is 304 Å². The van der Waals surface area contributed by atoms with Crippen molar-refractivity contribution in [3.63, 3.8) is 0 Å². The summed E-state index contributed by atoms with van der Waals surface area (Å²) in [4.78, 5) is 15.6. The van der Waals surface area contributed by atoms with E-state index in [1.807, 2.05) is 6.08 Å². The fraction of sp³-hybridized carbons (Fsp3) is 0.0208. The molecule has 0 N–H and O–H groups in total. The number of nitrogens with zero attached hydrogens (tertiary/aromatic N) is 4. The standard InChI is InChI=1S/C48H30N4O/c1-3-14-32-28-34(26-24-30(32)12-1)46-49-47(35-27-25-31-13-2-4-15-33(31)29-35)51-48(50-46)39-18-7-10-23-43-44(39)38-19-11-22-42(45(38)53-43)52-40-20-8-5-16-36(40)37-17-6-9-21-41(37)52/h1-29,39H. The number of para-hydroxylation sites is 3. The first-order chi connectivity index (χ1) is 26.3. The van der Waals surface area contributed by atoms with E-state index in [0.717, 1.165) is 60.9 Å². The van der Waals surface area contributed by atoms with Gasteiger partial charge in [0.2, 0.25) is 0 Å². The summed E-state index contributed by atoms with van der Waals surface area (Å²) >= 11 is 0. The molecule has 7 aromatic carbocycles.